The molecule has 0 amide bonds. The third-order valence-corrected chi connectivity index (χ3v) is 3.71. The normalized spacial score (nSPS) is 34.3. The van der Waals surface area contributed by atoms with Crippen molar-refractivity contribution in [3.8, 4) is 0 Å². The highest BCUT2D eigenvalue weighted by molar-refractivity contribution is 5.20. The second-order valence-electron chi connectivity index (χ2n) is 4.07. The molecule has 0 nitrogen and oxygen atoms in total. The van der Waals surface area contributed by atoms with E-state index in [0.717, 1.165) is 17.8 Å². The first-order chi connectivity index (χ1) is 7.36. The first-order valence-electron chi connectivity index (χ1n) is 7.03. The maximum atomic E-state index is 2.39. The van der Waals surface area contributed by atoms with E-state index >= 15 is 0 Å². The molecular weight excluding hydrogens is 180 g/mol. The van der Waals surface area contributed by atoms with Gasteiger partial charge in [-0.15, -0.1) is 0 Å². The maximum absolute atomic E-state index is 2.39. The van der Waals surface area contributed by atoms with Crippen LogP contribution >= 0.6 is 0 Å². The summed E-state index contributed by atoms with van der Waals surface area (Å²) >= 11 is 0. The molecule has 0 heteroatoms. The van der Waals surface area contributed by atoms with Gasteiger partial charge in [0, 0.05) is 0 Å². The van der Waals surface area contributed by atoms with E-state index in [1.165, 1.54) is 25.7 Å². The monoisotopic (exact) mass is 210 g/mol. The Kier molecular flexibility index (Phi) is 7.82. The molecule has 0 aliphatic heterocycles. The first-order valence-corrected chi connectivity index (χ1v) is 7.03. The molecule has 2 saturated carbocycles. The van der Waals surface area contributed by atoms with Crippen LogP contribution in [-0.2, 0) is 0 Å². The Bertz CT molecular complexity index is 178. The lowest BCUT2D eigenvalue weighted by Gasteiger charge is -2.23. The lowest BCUT2D eigenvalue weighted by atomic mass is 9.82. The molecule has 0 aromatic carbocycles. The SMILES string of the molecule is C/C=C1/C2CCC(C2)C1CC.CC.CC. The predicted molar refractivity (Wildman–Crippen MR) is 71.1 cm³/mol. The minimum absolute atomic E-state index is 0.971. The number of hydrogen-bond donors (Lipinski definition) is 0. The quantitative estimate of drug-likeness (QED) is 0.505. The van der Waals surface area contributed by atoms with E-state index in [4.69, 9.17) is 0 Å². The van der Waals surface area contributed by atoms with Gasteiger partial charge >= 0.3 is 0 Å². The molecule has 15 heavy (non-hydrogen) atoms. The molecule has 0 saturated heterocycles. The van der Waals surface area contributed by atoms with Gasteiger partial charge in [0.15, 0.2) is 0 Å². The van der Waals surface area contributed by atoms with Crippen molar-refractivity contribution in [2.75, 3.05) is 0 Å². The molecule has 90 valence electrons. The van der Waals surface area contributed by atoms with Crippen molar-refractivity contribution in [2.45, 2.75) is 67.2 Å². The molecule has 2 fully saturated rings. The Morgan fingerprint density at radius 3 is 2.13 bits per heavy atom. The summed E-state index contributed by atoms with van der Waals surface area (Å²) in [5.41, 5.74) is 1.80. The van der Waals surface area contributed by atoms with Crippen LogP contribution in [0.5, 0.6) is 0 Å². The van der Waals surface area contributed by atoms with Crippen LogP contribution in [0.1, 0.15) is 67.2 Å². The summed E-state index contributed by atoms with van der Waals surface area (Å²) in [6.45, 7) is 12.6. The van der Waals surface area contributed by atoms with Crippen LogP contribution in [-0.4, -0.2) is 0 Å². The van der Waals surface area contributed by atoms with E-state index in [2.05, 4.69) is 19.9 Å². The average Bonchev–Trinajstić information content (AvgIpc) is 2.93. The molecule has 0 spiro atoms. The van der Waals surface area contributed by atoms with E-state index in [0.29, 0.717) is 0 Å². The van der Waals surface area contributed by atoms with E-state index in [1.807, 2.05) is 27.7 Å². The number of fused-ring (bicyclic) bond motifs is 2. The molecule has 0 N–H and O–H groups in total. The molecule has 0 heterocycles. The van der Waals surface area contributed by atoms with Crippen molar-refractivity contribution in [3.05, 3.63) is 11.6 Å². The van der Waals surface area contributed by atoms with E-state index in [-0.39, 0.29) is 0 Å². The summed E-state index contributed by atoms with van der Waals surface area (Å²) in [4.78, 5) is 0. The van der Waals surface area contributed by atoms with Crippen LogP contribution in [0.2, 0.25) is 0 Å². The summed E-state index contributed by atoms with van der Waals surface area (Å²) in [7, 11) is 0. The van der Waals surface area contributed by atoms with Crippen molar-refractivity contribution >= 4 is 0 Å². The Hall–Kier alpha value is -0.260. The van der Waals surface area contributed by atoms with E-state index in [9.17, 15) is 0 Å². The summed E-state index contributed by atoms with van der Waals surface area (Å²) in [5, 5.41) is 0. The second kappa shape index (κ2) is 7.96. The van der Waals surface area contributed by atoms with Crippen LogP contribution in [0, 0.1) is 17.8 Å². The van der Waals surface area contributed by atoms with Crippen LogP contribution in [0.4, 0.5) is 0 Å². The summed E-state index contributed by atoms with van der Waals surface area (Å²) < 4.78 is 0. The third-order valence-electron chi connectivity index (χ3n) is 3.71. The van der Waals surface area contributed by atoms with Gasteiger partial charge in [-0.05, 0) is 50.4 Å². The fourth-order valence-electron chi connectivity index (χ4n) is 3.28. The van der Waals surface area contributed by atoms with Gasteiger partial charge in [-0.1, -0.05) is 46.3 Å². The fraction of sp³-hybridized carbons (Fsp3) is 0.867. The summed E-state index contributed by atoms with van der Waals surface area (Å²) in [6.07, 6.45) is 8.28. The molecule has 2 bridgehead atoms. The minimum atomic E-state index is 0.971. The predicted octanol–water partition coefficient (Wildman–Crippen LogP) is 5.44. The number of rotatable bonds is 1. The number of hydrogen-bond acceptors (Lipinski definition) is 0. The zero-order valence-corrected chi connectivity index (χ0v) is 11.6. The summed E-state index contributed by atoms with van der Waals surface area (Å²) in [5.74, 6) is 3.03. The second-order valence-corrected chi connectivity index (χ2v) is 4.07. The highest BCUT2D eigenvalue weighted by Crippen LogP contribution is 2.52. The van der Waals surface area contributed by atoms with Gasteiger partial charge in [0.25, 0.3) is 0 Å². The Morgan fingerprint density at radius 1 is 1.13 bits per heavy atom. The van der Waals surface area contributed by atoms with Crippen molar-refractivity contribution in [1.82, 2.24) is 0 Å². The van der Waals surface area contributed by atoms with Crippen molar-refractivity contribution < 1.29 is 0 Å². The lowest BCUT2D eigenvalue weighted by molar-refractivity contribution is 0.395. The van der Waals surface area contributed by atoms with Crippen LogP contribution in [0.25, 0.3) is 0 Å². The van der Waals surface area contributed by atoms with Gasteiger partial charge in [0.2, 0.25) is 0 Å². The standard InChI is InChI=1S/C11H18.2C2H6/c1-3-10-8-5-6-9(7-8)11(10)4-2;2*1-2/h3,8-9,11H,4-7H2,1-2H3;2*1-2H3/b10-3-;;. The zero-order chi connectivity index (χ0) is 11.8. The van der Waals surface area contributed by atoms with Crippen LogP contribution in [0.3, 0.4) is 0 Å². The molecule has 2 aliphatic carbocycles. The molecule has 0 aromatic heterocycles. The van der Waals surface area contributed by atoms with Gasteiger partial charge < -0.3 is 0 Å². The molecule has 2 rings (SSSR count). The van der Waals surface area contributed by atoms with Crippen LogP contribution < -0.4 is 0 Å². The van der Waals surface area contributed by atoms with E-state index in [1.54, 1.807) is 5.57 Å². The van der Waals surface area contributed by atoms with Gasteiger partial charge in [-0.3, -0.25) is 0 Å². The van der Waals surface area contributed by atoms with Crippen molar-refractivity contribution in [2.24, 2.45) is 17.8 Å². The van der Waals surface area contributed by atoms with Gasteiger partial charge in [-0.25, -0.2) is 0 Å². The fourth-order valence-corrected chi connectivity index (χ4v) is 3.28. The van der Waals surface area contributed by atoms with Crippen molar-refractivity contribution in [1.29, 1.82) is 0 Å². The Morgan fingerprint density at radius 2 is 1.73 bits per heavy atom. The lowest BCUT2D eigenvalue weighted by Crippen LogP contribution is -2.12. The Balaban J connectivity index is 0.000000442. The maximum Gasteiger partial charge on any atom is -0.0175 e. The third kappa shape index (κ3) is 3.09. The molecule has 0 radical (unpaired) electrons. The highest BCUT2D eigenvalue weighted by Gasteiger charge is 2.41. The first kappa shape index (κ1) is 14.7. The van der Waals surface area contributed by atoms with E-state index < -0.39 is 0 Å². The largest absolute Gasteiger partial charge is 0.0879 e. The highest BCUT2D eigenvalue weighted by atomic mass is 14.5. The molecule has 3 unspecified atom stereocenters. The molecule has 3 atom stereocenters. The van der Waals surface area contributed by atoms with Gasteiger partial charge in [0.05, 0.1) is 0 Å². The molecule has 0 aromatic rings. The summed E-state index contributed by atoms with van der Waals surface area (Å²) in [6, 6.07) is 0. The molecular formula is C15H30. The smallest absolute Gasteiger partial charge is 0.0175 e. The topological polar surface area (TPSA) is 0 Å². The zero-order valence-electron chi connectivity index (χ0n) is 11.6. The van der Waals surface area contributed by atoms with Crippen LogP contribution in [0.15, 0.2) is 11.6 Å². The number of allylic oxidation sites excluding steroid dienone is 2. The van der Waals surface area contributed by atoms with Gasteiger partial charge in [0.1, 0.15) is 0 Å². The average molecular weight is 210 g/mol. The molecule has 2 aliphatic rings. The van der Waals surface area contributed by atoms with Crippen molar-refractivity contribution in [3.63, 3.8) is 0 Å². The minimum Gasteiger partial charge on any atom is -0.0879 e. The Labute approximate surface area is 97.2 Å². The van der Waals surface area contributed by atoms with Gasteiger partial charge in [-0.2, -0.15) is 0 Å².